The van der Waals surface area contributed by atoms with Gasteiger partial charge in [0.2, 0.25) is 0 Å². The highest BCUT2D eigenvalue weighted by molar-refractivity contribution is 5.94. The minimum absolute atomic E-state index is 0.180. The molecule has 6 heteroatoms. The van der Waals surface area contributed by atoms with Crippen LogP contribution in [0.2, 0.25) is 0 Å². The van der Waals surface area contributed by atoms with E-state index in [-0.39, 0.29) is 29.8 Å². The van der Waals surface area contributed by atoms with E-state index in [1.165, 1.54) is 12.1 Å². The predicted molar refractivity (Wildman–Crippen MR) is 83.3 cm³/mol. The zero-order chi connectivity index (χ0) is 16.6. The van der Waals surface area contributed by atoms with Crippen molar-refractivity contribution in [3.8, 4) is 0 Å². The molecular formula is C17H20FN3O2. The predicted octanol–water partition coefficient (Wildman–Crippen LogP) is 2.11. The Hall–Kier alpha value is -2.21. The van der Waals surface area contributed by atoms with E-state index in [1.54, 1.807) is 23.9 Å². The molecule has 23 heavy (non-hydrogen) atoms. The highest BCUT2D eigenvalue weighted by Crippen LogP contribution is 2.38. The highest BCUT2D eigenvalue weighted by atomic mass is 19.1. The molecule has 1 aliphatic carbocycles. The number of amides is 1. The van der Waals surface area contributed by atoms with Crippen molar-refractivity contribution in [2.75, 3.05) is 0 Å². The molecule has 0 spiro atoms. The molecule has 0 bridgehead atoms. The number of aromatic nitrogens is 2. The van der Waals surface area contributed by atoms with Gasteiger partial charge in [0.15, 0.2) is 0 Å². The fourth-order valence-electron chi connectivity index (χ4n) is 2.99. The van der Waals surface area contributed by atoms with Crippen LogP contribution >= 0.6 is 0 Å². The maximum atomic E-state index is 13.4. The van der Waals surface area contributed by atoms with Crippen LogP contribution < -0.4 is 5.32 Å². The molecule has 0 saturated heterocycles. The molecule has 1 fully saturated rings. The second-order valence-electron chi connectivity index (χ2n) is 6.25. The molecule has 122 valence electrons. The number of aryl methyl sites for hydroxylation is 2. The molecule has 1 amide bonds. The summed E-state index contributed by atoms with van der Waals surface area (Å²) >= 11 is 0. The van der Waals surface area contributed by atoms with Gasteiger partial charge in [0.25, 0.3) is 5.91 Å². The number of hydrogen-bond acceptors (Lipinski definition) is 3. The molecule has 1 aliphatic rings. The summed E-state index contributed by atoms with van der Waals surface area (Å²) < 4.78 is 15.0. The van der Waals surface area contributed by atoms with Crippen LogP contribution in [0, 0.1) is 18.7 Å². The first-order valence-electron chi connectivity index (χ1n) is 7.67. The summed E-state index contributed by atoms with van der Waals surface area (Å²) in [7, 11) is 1.82. The molecule has 1 atom stereocenters. The van der Waals surface area contributed by atoms with Crippen LogP contribution in [0.5, 0.6) is 0 Å². The van der Waals surface area contributed by atoms with Crippen LogP contribution in [0.3, 0.4) is 0 Å². The van der Waals surface area contributed by atoms with E-state index in [4.69, 9.17) is 0 Å². The van der Waals surface area contributed by atoms with Gasteiger partial charge in [-0.3, -0.25) is 9.48 Å². The van der Waals surface area contributed by atoms with Crippen LogP contribution in [-0.2, 0) is 7.05 Å². The Labute approximate surface area is 134 Å². The summed E-state index contributed by atoms with van der Waals surface area (Å²) in [5, 5.41) is 16.7. The zero-order valence-electron chi connectivity index (χ0n) is 13.2. The van der Waals surface area contributed by atoms with Crippen molar-refractivity contribution in [3.05, 3.63) is 53.1 Å². The third-order valence-electron chi connectivity index (χ3n) is 4.41. The molecule has 1 aromatic carbocycles. The number of hydrogen-bond donors (Lipinski definition) is 2. The minimum Gasteiger partial charge on any atom is -0.393 e. The van der Waals surface area contributed by atoms with Gasteiger partial charge in [0.1, 0.15) is 5.82 Å². The highest BCUT2D eigenvalue weighted by Gasteiger charge is 2.36. The summed E-state index contributed by atoms with van der Waals surface area (Å²) in [4.78, 5) is 12.5. The Morgan fingerprint density at radius 3 is 2.78 bits per heavy atom. The topological polar surface area (TPSA) is 67.2 Å². The molecule has 0 unspecified atom stereocenters. The average molecular weight is 317 g/mol. The summed E-state index contributed by atoms with van der Waals surface area (Å²) in [5.74, 6) is -0.393. The largest absolute Gasteiger partial charge is 0.393 e. The Bertz CT molecular complexity index is 722. The van der Waals surface area contributed by atoms with Crippen LogP contribution in [0.1, 0.15) is 40.4 Å². The lowest BCUT2D eigenvalue weighted by molar-refractivity contribution is 0.0235. The maximum Gasteiger partial charge on any atom is 0.251 e. The third kappa shape index (κ3) is 3.27. The van der Waals surface area contributed by atoms with Crippen molar-refractivity contribution in [1.82, 2.24) is 15.1 Å². The summed E-state index contributed by atoms with van der Waals surface area (Å²) in [6.45, 7) is 1.63. The van der Waals surface area contributed by atoms with Crippen LogP contribution in [-0.4, -0.2) is 26.9 Å². The summed E-state index contributed by atoms with van der Waals surface area (Å²) in [6.07, 6.45) is 4.60. The number of carbonyl (C=O) groups is 1. The monoisotopic (exact) mass is 317 g/mol. The number of aliphatic hydroxyl groups excluding tert-OH is 1. The standard InChI is InChI=1S/C17H20FN3O2/c1-10-5-11(3-4-15(10)18)17(23)20-16(12-6-14(22)7-12)13-8-19-21(2)9-13/h3-5,8-9,12,14,16,22H,6-7H2,1-2H3,(H,20,23)/t12?,14?,16-/m0/s1. The second kappa shape index (κ2) is 6.12. The lowest BCUT2D eigenvalue weighted by Crippen LogP contribution is -2.41. The van der Waals surface area contributed by atoms with E-state index in [2.05, 4.69) is 10.4 Å². The molecule has 1 aromatic heterocycles. The van der Waals surface area contributed by atoms with Gasteiger partial charge in [-0.2, -0.15) is 5.10 Å². The van der Waals surface area contributed by atoms with E-state index in [0.717, 1.165) is 5.56 Å². The van der Waals surface area contributed by atoms with Gasteiger partial charge in [-0.05, 0) is 49.4 Å². The van der Waals surface area contributed by atoms with Crippen molar-refractivity contribution < 1.29 is 14.3 Å². The Balaban J connectivity index is 1.80. The van der Waals surface area contributed by atoms with Gasteiger partial charge in [-0.1, -0.05) is 0 Å². The van der Waals surface area contributed by atoms with E-state index in [1.807, 2.05) is 13.2 Å². The van der Waals surface area contributed by atoms with Gasteiger partial charge in [-0.15, -0.1) is 0 Å². The van der Waals surface area contributed by atoms with E-state index in [9.17, 15) is 14.3 Å². The van der Waals surface area contributed by atoms with Crippen molar-refractivity contribution in [3.63, 3.8) is 0 Å². The zero-order valence-corrected chi connectivity index (χ0v) is 13.2. The fraction of sp³-hybridized carbons (Fsp3) is 0.412. The molecule has 0 radical (unpaired) electrons. The number of aliphatic hydroxyl groups is 1. The lowest BCUT2D eigenvalue weighted by atomic mass is 9.75. The average Bonchev–Trinajstić information content (AvgIpc) is 2.91. The van der Waals surface area contributed by atoms with Crippen molar-refractivity contribution in [2.24, 2.45) is 13.0 Å². The third-order valence-corrected chi connectivity index (χ3v) is 4.41. The lowest BCUT2D eigenvalue weighted by Gasteiger charge is -2.37. The first-order valence-corrected chi connectivity index (χ1v) is 7.67. The normalized spacial score (nSPS) is 21.6. The summed E-state index contributed by atoms with van der Waals surface area (Å²) in [5.41, 5.74) is 1.78. The van der Waals surface area contributed by atoms with Gasteiger partial charge in [0, 0.05) is 24.4 Å². The molecule has 1 heterocycles. The number of rotatable bonds is 4. The molecule has 2 aromatic rings. The number of halogens is 1. The first-order chi connectivity index (χ1) is 10.9. The van der Waals surface area contributed by atoms with Crippen LogP contribution in [0.4, 0.5) is 4.39 Å². The Kier molecular flexibility index (Phi) is 4.17. The van der Waals surface area contributed by atoms with E-state index in [0.29, 0.717) is 24.0 Å². The maximum absolute atomic E-state index is 13.4. The number of nitrogens with one attached hydrogen (secondary N) is 1. The minimum atomic E-state index is -0.326. The quantitative estimate of drug-likeness (QED) is 0.907. The van der Waals surface area contributed by atoms with Gasteiger partial charge in [-0.25, -0.2) is 4.39 Å². The molecule has 2 N–H and O–H groups in total. The van der Waals surface area contributed by atoms with Crippen LogP contribution in [0.15, 0.2) is 30.6 Å². The Morgan fingerprint density at radius 2 is 2.22 bits per heavy atom. The van der Waals surface area contributed by atoms with Gasteiger partial charge < -0.3 is 10.4 Å². The van der Waals surface area contributed by atoms with Crippen molar-refractivity contribution >= 4 is 5.91 Å². The second-order valence-corrected chi connectivity index (χ2v) is 6.25. The SMILES string of the molecule is Cc1cc(C(=O)N[C@H](c2cnn(C)c2)C2CC(O)C2)ccc1F. The summed E-state index contributed by atoms with van der Waals surface area (Å²) in [6, 6.07) is 4.12. The number of benzene rings is 1. The molecule has 3 rings (SSSR count). The van der Waals surface area contributed by atoms with E-state index < -0.39 is 0 Å². The molecule has 1 saturated carbocycles. The van der Waals surface area contributed by atoms with Crippen molar-refractivity contribution in [1.29, 1.82) is 0 Å². The van der Waals surface area contributed by atoms with Crippen molar-refractivity contribution in [2.45, 2.75) is 31.9 Å². The number of nitrogens with zero attached hydrogens (tertiary/aromatic N) is 2. The first kappa shape index (κ1) is 15.7. The molecular weight excluding hydrogens is 297 g/mol. The van der Waals surface area contributed by atoms with E-state index >= 15 is 0 Å². The number of carbonyl (C=O) groups excluding carboxylic acids is 1. The smallest absolute Gasteiger partial charge is 0.251 e. The van der Waals surface area contributed by atoms with Gasteiger partial charge >= 0.3 is 0 Å². The van der Waals surface area contributed by atoms with Crippen LogP contribution in [0.25, 0.3) is 0 Å². The fourth-order valence-corrected chi connectivity index (χ4v) is 2.99. The molecule has 0 aliphatic heterocycles. The Morgan fingerprint density at radius 1 is 1.48 bits per heavy atom. The van der Waals surface area contributed by atoms with Gasteiger partial charge in [0.05, 0.1) is 18.3 Å². The molecule has 5 nitrogen and oxygen atoms in total.